The fraction of sp³-hybridized carbons (Fsp3) is 0.500. The van der Waals surface area contributed by atoms with E-state index in [4.69, 9.17) is 5.11 Å². The Labute approximate surface area is 107 Å². The van der Waals surface area contributed by atoms with Crippen LogP contribution in [0.4, 0.5) is 0 Å². The lowest BCUT2D eigenvalue weighted by molar-refractivity contribution is -0.139. The molecule has 98 valence electrons. The quantitative estimate of drug-likeness (QED) is 0.755. The zero-order chi connectivity index (χ0) is 13.0. The van der Waals surface area contributed by atoms with Gasteiger partial charge < -0.3 is 15.7 Å². The molecule has 1 aliphatic rings. The minimum Gasteiger partial charge on any atom is -0.480 e. The number of rotatable bonds is 4. The van der Waals surface area contributed by atoms with Crippen LogP contribution in [-0.2, 0) is 4.79 Å². The van der Waals surface area contributed by atoms with Crippen LogP contribution < -0.4 is 10.6 Å². The van der Waals surface area contributed by atoms with Gasteiger partial charge in [-0.25, -0.2) is 0 Å². The third-order valence-corrected chi connectivity index (χ3v) is 3.57. The van der Waals surface area contributed by atoms with Gasteiger partial charge in [0.2, 0.25) is 0 Å². The first kappa shape index (κ1) is 13.1. The van der Waals surface area contributed by atoms with Crippen molar-refractivity contribution >= 4 is 5.97 Å². The number of hydrogen-bond donors (Lipinski definition) is 3. The topological polar surface area (TPSA) is 61.4 Å². The standard InChI is InChI=1S/C14H20N2O2/c1-15-13(14(17)18)11-6-4-10(5-7-11)12-3-2-8-16-9-12/h4-7,12-13,15-16H,2-3,8-9H2,1H3,(H,17,18). The molecular weight excluding hydrogens is 228 g/mol. The number of likely N-dealkylation sites (N-methyl/N-ethyl adjacent to an activating group) is 1. The second-order valence-electron chi connectivity index (χ2n) is 4.77. The van der Waals surface area contributed by atoms with E-state index in [-0.39, 0.29) is 0 Å². The minimum absolute atomic E-state index is 0.561. The van der Waals surface area contributed by atoms with Crippen molar-refractivity contribution in [2.75, 3.05) is 20.1 Å². The van der Waals surface area contributed by atoms with Gasteiger partial charge in [0.15, 0.2) is 0 Å². The lowest BCUT2D eigenvalue weighted by atomic mass is 9.90. The number of carboxylic acid groups (broad SMARTS) is 1. The summed E-state index contributed by atoms with van der Waals surface area (Å²) in [5, 5.41) is 15.3. The molecule has 1 aromatic carbocycles. The second kappa shape index (κ2) is 5.98. The van der Waals surface area contributed by atoms with E-state index in [0.717, 1.165) is 18.7 Å². The lowest BCUT2D eigenvalue weighted by Gasteiger charge is -2.23. The van der Waals surface area contributed by atoms with Crippen LogP contribution >= 0.6 is 0 Å². The molecule has 18 heavy (non-hydrogen) atoms. The highest BCUT2D eigenvalue weighted by Gasteiger charge is 2.19. The molecule has 1 aliphatic heterocycles. The van der Waals surface area contributed by atoms with Gasteiger partial charge in [0.05, 0.1) is 0 Å². The molecule has 0 amide bonds. The molecule has 0 spiro atoms. The van der Waals surface area contributed by atoms with Crippen molar-refractivity contribution in [3.05, 3.63) is 35.4 Å². The summed E-state index contributed by atoms with van der Waals surface area (Å²) in [6.07, 6.45) is 2.42. The maximum Gasteiger partial charge on any atom is 0.325 e. The van der Waals surface area contributed by atoms with Crippen molar-refractivity contribution in [3.63, 3.8) is 0 Å². The summed E-state index contributed by atoms with van der Waals surface area (Å²) in [7, 11) is 1.66. The van der Waals surface area contributed by atoms with Crippen LogP contribution in [0.3, 0.4) is 0 Å². The minimum atomic E-state index is -0.843. The average molecular weight is 248 g/mol. The van der Waals surface area contributed by atoms with Gasteiger partial charge in [-0.1, -0.05) is 24.3 Å². The van der Waals surface area contributed by atoms with Crippen molar-refractivity contribution in [3.8, 4) is 0 Å². The lowest BCUT2D eigenvalue weighted by Crippen LogP contribution is -2.28. The molecule has 2 rings (SSSR count). The molecule has 2 atom stereocenters. The maximum atomic E-state index is 11.0. The number of nitrogens with one attached hydrogen (secondary N) is 2. The number of piperidine rings is 1. The van der Waals surface area contributed by atoms with Gasteiger partial charge >= 0.3 is 5.97 Å². The Balaban J connectivity index is 2.11. The molecule has 0 saturated carbocycles. The number of hydrogen-bond acceptors (Lipinski definition) is 3. The SMILES string of the molecule is CNC(C(=O)O)c1ccc(C2CCCNC2)cc1. The third-order valence-electron chi connectivity index (χ3n) is 3.57. The molecule has 1 fully saturated rings. The first-order valence-corrected chi connectivity index (χ1v) is 6.43. The Kier molecular flexibility index (Phi) is 4.33. The van der Waals surface area contributed by atoms with Crippen LogP contribution in [-0.4, -0.2) is 31.2 Å². The van der Waals surface area contributed by atoms with Gasteiger partial charge in [-0.05, 0) is 43.5 Å². The second-order valence-corrected chi connectivity index (χ2v) is 4.77. The van der Waals surface area contributed by atoms with Crippen molar-refractivity contribution in [1.29, 1.82) is 0 Å². The smallest absolute Gasteiger partial charge is 0.325 e. The van der Waals surface area contributed by atoms with E-state index in [1.807, 2.05) is 12.1 Å². The van der Waals surface area contributed by atoms with Crippen LogP contribution in [0, 0.1) is 0 Å². The largest absolute Gasteiger partial charge is 0.480 e. The van der Waals surface area contributed by atoms with Crippen LogP contribution in [0.5, 0.6) is 0 Å². The summed E-state index contributed by atoms with van der Waals surface area (Å²) in [6, 6.07) is 7.32. The van der Waals surface area contributed by atoms with E-state index >= 15 is 0 Å². The van der Waals surface area contributed by atoms with E-state index in [0.29, 0.717) is 5.92 Å². The maximum absolute atomic E-state index is 11.0. The van der Waals surface area contributed by atoms with Crippen LogP contribution in [0.1, 0.15) is 35.9 Å². The molecular formula is C14H20N2O2. The fourth-order valence-corrected chi connectivity index (χ4v) is 2.53. The molecule has 4 nitrogen and oxygen atoms in total. The molecule has 1 heterocycles. The molecule has 0 radical (unpaired) electrons. The summed E-state index contributed by atoms with van der Waals surface area (Å²) in [4.78, 5) is 11.0. The fourth-order valence-electron chi connectivity index (χ4n) is 2.53. The molecule has 0 bridgehead atoms. The molecule has 4 heteroatoms. The molecule has 3 N–H and O–H groups in total. The number of carbonyl (C=O) groups is 1. The van der Waals surface area contributed by atoms with E-state index in [1.54, 1.807) is 7.05 Å². The summed E-state index contributed by atoms with van der Waals surface area (Å²) < 4.78 is 0. The van der Waals surface area contributed by atoms with Crippen LogP contribution in [0.25, 0.3) is 0 Å². The van der Waals surface area contributed by atoms with E-state index in [9.17, 15) is 4.79 Å². The van der Waals surface area contributed by atoms with E-state index < -0.39 is 12.0 Å². The summed E-state index contributed by atoms with van der Waals surface area (Å²) in [5.74, 6) is -0.282. The third kappa shape index (κ3) is 2.89. The van der Waals surface area contributed by atoms with Gasteiger partial charge in [0.25, 0.3) is 0 Å². The normalized spacial score (nSPS) is 21.5. The zero-order valence-corrected chi connectivity index (χ0v) is 10.6. The highest BCUT2D eigenvalue weighted by atomic mass is 16.4. The van der Waals surface area contributed by atoms with Gasteiger partial charge in [-0.2, -0.15) is 0 Å². The molecule has 1 saturated heterocycles. The molecule has 0 aliphatic carbocycles. The Bertz CT molecular complexity index is 397. The first-order chi connectivity index (χ1) is 8.72. The van der Waals surface area contributed by atoms with Gasteiger partial charge in [-0.15, -0.1) is 0 Å². The van der Waals surface area contributed by atoms with Gasteiger partial charge in [0, 0.05) is 6.54 Å². The van der Waals surface area contributed by atoms with Crippen molar-refractivity contribution in [2.45, 2.75) is 24.8 Å². The average Bonchev–Trinajstić information content (AvgIpc) is 2.41. The Morgan fingerprint density at radius 3 is 2.67 bits per heavy atom. The summed E-state index contributed by atoms with van der Waals surface area (Å²) in [6.45, 7) is 2.13. The number of carboxylic acids is 1. The van der Waals surface area contributed by atoms with Crippen molar-refractivity contribution < 1.29 is 9.90 Å². The van der Waals surface area contributed by atoms with Gasteiger partial charge in [-0.3, -0.25) is 4.79 Å². The van der Waals surface area contributed by atoms with Gasteiger partial charge in [0.1, 0.15) is 6.04 Å². The molecule has 2 unspecified atom stereocenters. The summed E-state index contributed by atoms with van der Waals surface area (Å²) >= 11 is 0. The zero-order valence-electron chi connectivity index (χ0n) is 10.6. The van der Waals surface area contributed by atoms with Crippen molar-refractivity contribution in [2.24, 2.45) is 0 Å². The van der Waals surface area contributed by atoms with Crippen molar-refractivity contribution in [1.82, 2.24) is 10.6 Å². The van der Waals surface area contributed by atoms with Crippen LogP contribution in [0.15, 0.2) is 24.3 Å². The summed E-state index contributed by atoms with van der Waals surface area (Å²) in [5.41, 5.74) is 2.10. The van der Waals surface area contributed by atoms with Crippen LogP contribution in [0.2, 0.25) is 0 Å². The monoisotopic (exact) mass is 248 g/mol. The Morgan fingerprint density at radius 1 is 1.44 bits per heavy atom. The Morgan fingerprint density at radius 2 is 2.17 bits per heavy atom. The highest BCUT2D eigenvalue weighted by molar-refractivity contribution is 5.75. The van der Waals surface area contributed by atoms with E-state index in [1.165, 1.54) is 18.4 Å². The molecule has 1 aromatic rings. The highest BCUT2D eigenvalue weighted by Crippen LogP contribution is 2.24. The molecule has 0 aromatic heterocycles. The number of benzene rings is 1. The van der Waals surface area contributed by atoms with E-state index in [2.05, 4.69) is 22.8 Å². The first-order valence-electron chi connectivity index (χ1n) is 6.43. The Hall–Kier alpha value is -1.39. The predicted octanol–water partition coefficient (Wildman–Crippen LogP) is 1.50. The number of aliphatic carboxylic acids is 1. The predicted molar refractivity (Wildman–Crippen MR) is 70.7 cm³/mol.